The Morgan fingerprint density at radius 3 is 1.53 bits per heavy atom. The van der Waals surface area contributed by atoms with Crippen LogP contribution in [0.15, 0.2) is 121 Å². The molecule has 38 heavy (non-hydrogen) atoms. The first-order valence-electron chi connectivity index (χ1n) is 12.4. The van der Waals surface area contributed by atoms with Gasteiger partial charge in [0.05, 0.1) is 11.4 Å². The van der Waals surface area contributed by atoms with E-state index in [0.717, 1.165) is 45.0 Å². The van der Waals surface area contributed by atoms with Crippen molar-refractivity contribution in [2.24, 2.45) is 0 Å². The van der Waals surface area contributed by atoms with Crippen molar-refractivity contribution in [1.82, 2.24) is 24.9 Å². The van der Waals surface area contributed by atoms with E-state index in [1.165, 1.54) is 0 Å². The van der Waals surface area contributed by atoms with E-state index < -0.39 is 0 Å². The summed E-state index contributed by atoms with van der Waals surface area (Å²) in [5.41, 5.74) is 12.7. The third-order valence-corrected chi connectivity index (χ3v) is 6.14. The average molecular weight is 493 g/mol. The highest BCUT2D eigenvalue weighted by atomic mass is 15.1. The van der Waals surface area contributed by atoms with Crippen LogP contribution in [0, 0.1) is 0 Å². The van der Waals surface area contributed by atoms with Gasteiger partial charge in [-0.05, 0) is 17.7 Å². The maximum Gasteiger partial charge on any atom is 0.224 e. The number of aromatic nitrogens is 5. The SMILES string of the molecule is Nc1nc(-c2ccccc2)nc(-c2cccc(Cc3nc(-c4ccccc4)cc(-c4ccccc4)n3)c2)n1. The molecule has 0 saturated carbocycles. The van der Waals surface area contributed by atoms with Crippen molar-refractivity contribution in [1.29, 1.82) is 0 Å². The highest BCUT2D eigenvalue weighted by molar-refractivity contribution is 5.68. The van der Waals surface area contributed by atoms with Crippen molar-refractivity contribution in [3.05, 3.63) is 133 Å². The summed E-state index contributed by atoms with van der Waals surface area (Å²) in [5.74, 6) is 2.00. The molecule has 0 amide bonds. The van der Waals surface area contributed by atoms with Gasteiger partial charge in [0.2, 0.25) is 5.95 Å². The van der Waals surface area contributed by atoms with Crippen molar-refractivity contribution < 1.29 is 0 Å². The number of rotatable bonds is 6. The zero-order chi connectivity index (χ0) is 25.7. The molecule has 6 nitrogen and oxygen atoms in total. The maximum absolute atomic E-state index is 6.06. The van der Waals surface area contributed by atoms with Gasteiger partial charge in [-0.15, -0.1) is 0 Å². The van der Waals surface area contributed by atoms with Crippen LogP contribution in [0.3, 0.4) is 0 Å². The number of hydrogen-bond acceptors (Lipinski definition) is 6. The van der Waals surface area contributed by atoms with Crippen LogP contribution in [0.25, 0.3) is 45.3 Å². The Hall–Kier alpha value is -5.23. The van der Waals surface area contributed by atoms with E-state index in [2.05, 4.69) is 46.4 Å². The maximum atomic E-state index is 6.06. The first kappa shape index (κ1) is 23.2. The summed E-state index contributed by atoms with van der Waals surface area (Å²) in [5, 5.41) is 0. The highest BCUT2D eigenvalue weighted by Gasteiger charge is 2.12. The molecule has 0 aliphatic carbocycles. The highest BCUT2D eigenvalue weighted by Crippen LogP contribution is 2.26. The summed E-state index contributed by atoms with van der Waals surface area (Å²) in [6, 6.07) is 40.3. The minimum absolute atomic E-state index is 0.186. The lowest BCUT2D eigenvalue weighted by Gasteiger charge is -2.10. The van der Waals surface area contributed by atoms with Gasteiger partial charge in [-0.25, -0.2) is 15.0 Å². The normalized spacial score (nSPS) is 10.8. The van der Waals surface area contributed by atoms with Crippen LogP contribution in [0.5, 0.6) is 0 Å². The minimum Gasteiger partial charge on any atom is -0.368 e. The van der Waals surface area contributed by atoms with Gasteiger partial charge in [-0.3, -0.25) is 0 Å². The van der Waals surface area contributed by atoms with Crippen LogP contribution < -0.4 is 5.73 Å². The average Bonchev–Trinajstić information content (AvgIpc) is 2.98. The summed E-state index contributed by atoms with van der Waals surface area (Å²) in [4.78, 5) is 23.3. The summed E-state index contributed by atoms with van der Waals surface area (Å²) in [6.07, 6.45) is 0.556. The molecule has 0 saturated heterocycles. The Labute approximate surface area is 221 Å². The van der Waals surface area contributed by atoms with E-state index in [0.29, 0.717) is 18.1 Å². The Morgan fingerprint density at radius 1 is 0.447 bits per heavy atom. The monoisotopic (exact) mass is 492 g/mol. The number of benzene rings is 4. The van der Waals surface area contributed by atoms with E-state index in [4.69, 9.17) is 20.7 Å². The second-order valence-corrected chi connectivity index (χ2v) is 8.87. The van der Waals surface area contributed by atoms with E-state index in [1.807, 2.05) is 84.9 Å². The molecule has 0 aliphatic heterocycles. The molecule has 0 radical (unpaired) electrons. The molecule has 6 rings (SSSR count). The van der Waals surface area contributed by atoms with Crippen LogP contribution in [0.1, 0.15) is 11.4 Å². The lowest BCUT2D eigenvalue weighted by Crippen LogP contribution is -2.03. The van der Waals surface area contributed by atoms with Gasteiger partial charge in [-0.2, -0.15) is 9.97 Å². The predicted molar refractivity (Wildman–Crippen MR) is 151 cm³/mol. The number of nitrogens with zero attached hydrogens (tertiary/aromatic N) is 5. The van der Waals surface area contributed by atoms with E-state index in [9.17, 15) is 0 Å². The quantitative estimate of drug-likeness (QED) is 0.285. The molecular weight excluding hydrogens is 468 g/mol. The summed E-state index contributed by atoms with van der Waals surface area (Å²) in [6.45, 7) is 0. The Kier molecular flexibility index (Phi) is 6.35. The van der Waals surface area contributed by atoms with Gasteiger partial charge in [0, 0.05) is 28.7 Å². The predicted octanol–water partition coefficient (Wildman–Crippen LogP) is 6.50. The summed E-state index contributed by atoms with van der Waals surface area (Å²) in [7, 11) is 0. The molecule has 6 heteroatoms. The molecule has 6 aromatic rings. The zero-order valence-electron chi connectivity index (χ0n) is 20.6. The van der Waals surface area contributed by atoms with E-state index in [1.54, 1.807) is 0 Å². The van der Waals surface area contributed by atoms with Crippen LogP contribution in [0.4, 0.5) is 5.95 Å². The van der Waals surface area contributed by atoms with E-state index >= 15 is 0 Å². The molecule has 2 N–H and O–H groups in total. The topological polar surface area (TPSA) is 90.5 Å². The molecule has 0 aliphatic rings. The van der Waals surface area contributed by atoms with Gasteiger partial charge in [-0.1, -0.05) is 109 Å². The van der Waals surface area contributed by atoms with Gasteiger partial charge in [0.25, 0.3) is 0 Å². The second-order valence-electron chi connectivity index (χ2n) is 8.87. The molecule has 2 aromatic heterocycles. The Morgan fingerprint density at radius 2 is 0.947 bits per heavy atom. The minimum atomic E-state index is 0.186. The first-order valence-corrected chi connectivity index (χ1v) is 12.4. The fraction of sp³-hybridized carbons (Fsp3) is 0.0312. The van der Waals surface area contributed by atoms with Crippen LogP contribution in [0.2, 0.25) is 0 Å². The third kappa shape index (κ3) is 5.15. The summed E-state index contributed by atoms with van der Waals surface area (Å²) >= 11 is 0. The zero-order valence-corrected chi connectivity index (χ0v) is 20.6. The van der Waals surface area contributed by atoms with Gasteiger partial charge in [0.1, 0.15) is 5.82 Å². The van der Waals surface area contributed by atoms with Crippen molar-refractivity contribution in [3.8, 4) is 45.3 Å². The third-order valence-electron chi connectivity index (χ3n) is 6.14. The molecule has 4 aromatic carbocycles. The lowest BCUT2D eigenvalue weighted by molar-refractivity contribution is 0.975. The van der Waals surface area contributed by atoms with Crippen molar-refractivity contribution in [3.63, 3.8) is 0 Å². The van der Waals surface area contributed by atoms with Gasteiger partial charge in [0.15, 0.2) is 11.6 Å². The molecule has 0 bridgehead atoms. The van der Waals surface area contributed by atoms with Crippen molar-refractivity contribution in [2.45, 2.75) is 6.42 Å². The largest absolute Gasteiger partial charge is 0.368 e. The van der Waals surface area contributed by atoms with Crippen LogP contribution in [-0.2, 0) is 6.42 Å². The molecule has 0 unspecified atom stereocenters. The van der Waals surface area contributed by atoms with Crippen molar-refractivity contribution in [2.75, 3.05) is 5.73 Å². The number of nitrogen functional groups attached to an aromatic ring is 1. The molecule has 0 atom stereocenters. The molecule has 0 fully saturated rings. The smallest absolute Gasteiger partial charge is 0.224 e. The lowest BCUT2D eigenvalue weighted by atomic mass is 10.0. The fourth-order valence-electron chi connectivity index (χ4n) is 4.33. The number of anilines is 1. The molecule has 2 heterocycles. The molecule has 0 spiro atoms. The molecular formula is C32H24N6. The van der Waals surface area contributed by atoms with Crippen LogP contribution in [-0.4, -0.2) is 24.9 Å². The number of nitrogens with two attached hydrogens (primary N) is 1. The Bertz CT molecular complexity index is 1630. The van der Waals surface area contributed by atoms with Crippen LogP contribution >= 0.6 is 0 Å². The number of hydrogen-bond donors (Lipinski definition) is 1. The standard InChI is InChI=1S/C32H24N6/c33-32-37-30(25-16-8-3-9-17-25)36-31(38-32)26-18-10-11-22(19-26)20-29-34-27(23-12-4-1-5-13-23)21-28(35-29)24-14-6-2-7-15-24/h1-19,21H,20H2,(H2,33,36,37,38). The second kappa shape index (κ2) is 10.4. The van der Waals surface area contributed by atoms with Crippen molar-refractivity contribution >= 4 is 5.95 Å². The first-order chi connectivity index (χ1) is 18.7. The van der Waals surface area contributed by atoms with Gasteiger partial charge < -0.3 is 5.73 Å². The Balaban J connectivity index is 1.37. The summed E-state index contributed by atoms with van der Waals surface area (Å²) < 4.78 is 0. The fourth-order valence-corrected chi connectivity index (χ4v) is 4.33. The van der Waals surface area contributed by atoms with Gasteiger partial charge >= 0.3 is 0 Å². The van der Waals surface area contributed by atoms with E-state index in [-0.39, 0.29) is 5.95 Å². The molecule has 182 valence electrons.